The Kier molecular flexibility index (Phi) is 7.28. The van der Waals surface area contributed by atoms with Crippen molar-refractivity contribution in [2.75, 3.05) is 5.32 Å². The van der Waals surface area contributed by atoms with E-state index < -0.39 is 21.7 Å². The fourth-order valence-electron chi connectivity index (χ4n) is 2.96. The third kappa shape index (κ3) is 5.91. The largest absolute Gasteiger partial charge is 0.423 e. The number of carbonyl (C=O) groups is 2. The number of rotatable bonds is 7. The lowest BCUT2D eigenvalue weighted by molar-refractivity contribution is -0.385. The number of ether oxygens (including phenoxy) is 1. The molecule has 0 radical (unpaired) electrons. The van der Waals surface area contributed by atoms with E-state index in [4.69, 9.17) is 4.74 Å². The van der Waals surface area contributed by atoms with Gasteiger partial charge < -0.3 is 10.1 Å². The number of para-hydroxylation sites is 1. The summed E-state index contributed by atoms with van der Waals surface area (Å²) >= 11 is 0. The van der Waals surface area contributed by atoms with E-state index in [1.807, 2.05) is 0 Å². The number of anilines is 1. The Bertz CT molecular complexity index is 1410. The highest BCUT2D eigenvalue weighted by Crippen LogP contribution is 2.24. The first-order valence-corrected chi connectivity index (χ1v) is 9.93. The lowest BCUT2D eigenvalue weighted by atomic mass is 10.1. The summed E-state index contributed by atoms with van der Waals surface area (Å²) in [6, 6.07) is 16.9. The summed E-state index contributed by atoms with van der Waals surface area (Å²) in [7, 11) is 0. The number of nitro benzene ring substituents is 2. The lowest BCUT2D eigenvalue weighted by Crippen LogP contribution is -2.14. The summed E-state index contributed by atoms with van der Waals surface area (Å²) in [5, 5.41) is 34.0. The van der Waals surface area contributed by atoms with Gasteiger partial charge in [0.1, 0.15) is 23.0 Å². The second kappa shape index (κ2) is 10.5. The minimum absolute atomic E-state index is 0.0977. The van der Waals surface area contributed by atoms with Gasteiger partial charge in [-0.3, -0.25) is 25.0 Å². The fourth-order valence-corrected chi connectivity index (χ4v) is 2.96. The van der Waals surface area contributed by atoms with Crippen LogP contribution in [0.2, 0.25) is 0 Å². The lowest BCUT2D eigenvalue weighted by Gasteiger charge is -2.08. The van der Waals surface area contributed by atoms with Crippen molar-refractivity contribution in [3.8, 4) is 11.8 Å². The van der Waals surface area contributed by atoms with Crippen LogP contribution in [0.1, 0.15) is 21.5 Å². The molecule has 11 heteroatoms. The second-order valence-corrected chi connectivity index (χ2v) is 7.11. The SMILES string of the molecule is Cc1ccc([N+](=O)[O-])cc1NC(=O)/C(C#N)=C/c1ccc(OC(=O)c2ccccc2[N+](=O)[O-])cc1. The van der Waals surface area contributed by atoms with E-state index in [-0.39, 0.29) is 33.9 Å². The fraction of sp³-hybridized carbons (Fsp3) is 0.0417. The van der Waals surface area contributed by atoms with Gasteiger partial charge in [0.2, 0.25) is 0 Å². The molecule has 174 valence electrons. The molecule has 3 aromatic carbocycles. The van der Waals surface area contributed by atoms with Crippen molar-refractivity contribution in [2.45, 2.75) is 6.92 Å². The molecular formula is C24H16N4O7. The number of hydrogen-bond acceptors (Lipinski definition) is 8. The molecule has 35 heavy (non-hydrogen) atoms. The van der Waals surface area contributed by atoms with E-state index in [1.54, 1.807) is 13.0 Å². The van der Waals surface area contributed by atoms with Gasteiger partial charge in [-0.15, -0.1) is 0 Å². The van der Waals surface area contributed by atoms with Crippen molar-refractivity contribution >= 4 is 35.0 Å². The highest BCUT2D eigenvalue weighted by atomic mass is 16.6. The molecule has 0 aliphatic rings. The predicted molar refractivity (Wildman–Crippen MR) is 125 cm³/mol. The van der Waals surface area contributed by atoms with Gasteiger partial charge in [-0.25, -0.2) is 4.79 Å². The molecule has 0 aliphatic heterocycles. The van der Waals surface area contributed by atoms with Crippen LogP contribution in [0.4, 0.5) is 17.1 Å². The summed E-state index contributed by atoms with van der Waals surface area (Å²) in [6.07, 6.45) is 1.29. The Labute approximate surface area is 198 Å². The molecule has 3 aromatic rings. The van der Waals surface area contributed by atoms with Gasteiger partial charge in [0.15, 0.2) is 0 Å². The molecule has 0 heterocycles. The van der Waals surface area contributed by atoms with Crippen LogP contribution in [0.25, 0.3) is 6.08 Å². The molecule has 3 rings (SSSR count). The smallest absolute Gasteiger partial charge is 0.350 e. The van der Waals surface area contributed by atoms with Crippen LogP contribution < -0.4 is 10.1 Å². The molecule has 1 amide bonds. The summed E-state index contributed by atoms with van der Waals surface area (Å²) in [5.41, 5.74) is 0.133. The quantitative estimate of drug-likeness (QED) is 0.130. The number of carbonyl (C=O) groups excluding carboxylic acids is 2. The highest BCUT2D eigenvalue weighted by molar-refractivity contribution is 6.10. The van der Waals surface area contributed by atoms with Crippen molar-refractivity contribution in [3.05, 3.63) is 109 Å². The van der Waals surface area contributed by atoms with Gasteiger partial charge in [0.05, 0.1) is 15.5 Å². The number of nitrogens with one attached hydrogen (secondary N) is 1. The number of nitro groups is 2. The monoisotopic (exact) mass is 472 g/mol. The van der Waals surface area contributed by atoms with E-state index in [9.17, 15) is 35.1 Å². The number of benzene rings is 3. The van der Waals surface area contributed by atoms with Crippen LogP contribution in [-0.2, 0) is 4.79 Å². The zero-order valence-electron chi connectivity index (χ0n) is 18.1. The van der Waals surface area contributed by atoms with Crippen LogP contribution in [0.3, 0.4) is 0 Å². The van der Waals surface area contributed by atoms with Crippen LogP contribution in [0, 0.1) is 38.5 Å². The minimum Gasteiger partial charge on any atom is -0.423 e. The zero-order chi connectivity index (χ0) is 25.5. The van der Waals surface area contributed by atoms with E-state index in [2.05, 4.69) is 5.32 Å². The molecule has 0 fully saturated rings. The topological polar surface area (TPSA) is 165 Å². The maximum Gasteiger partial charge on any atom is 0.350 e. The first kappa shape index (κ1) is 24.3. The van der Waals surface area contributed by atoms with E-state index >= 15 is 0 Å². The molecular weight excluding hydrogens is 456 g/mol. The summed E-state index contributed by atoms with van der Waals surface area (Å²) in [4.78, 5) is 45.6. The molecule has 0 spiro atoms. The average molecular weight is 472 g/mol. The number of aryl methyl sites for hydroxylation is 1. The summed E-state index contributed by atoms with van der Waals surface area (Å²) in [5.74, 6) is -1.58. The average Bonchev–Trinajstić information content (AvgIpc) is 2.84. The third-order valence-corrected chi connectivity index (χ3v) is 4.77. The number of amides is 1. The highest BCUT2D eigenvalue weighted by Gasteiger charge is 2.21. The number of esters is 1. The summed E-state index contributed by atoms with van der Waals surface area (Å²) in [6.45, 7) is 1.65. The number of non-ortho nitro benzene ring substituents is 1. The third-order valence-electron chi connectivity index (χ3n) is 4.77. The van der Waals surface area contributed by atoms with Gasteiger partial charge in [0.25, 0.3) is 17.3 Å². The number of nitriles is 1. The van der Waals surface area contributed by atoms with Crippen molar-refractivity contribution in [2.24, 2.45) is 0 Å². The van der Waals surface area contributed by atoms with Crippen molar-refractivity contribution in [1.82, 2.24) is 0 Å². The molecule has 0 aromatic heterocycles. The van der Waals surface area contributed by atoms with E-state index in [1.165, 1.54) is 72.8 Å². The minimum atomic E-state index is -0.912. The summed E-state index contributed by atoms with van der Waals surface area (Å²) < 4.78 is 5.18. The number of nitrogens with zero attached hydrogens (tertiary/aromatic N) is 3. The van der Waals surface area contributed by atoms with Crippen molar-refractivity contribution in [1.29, 1.82) is 5.26 Å². The molecule has 0 unspecified atom stereocenters. The second-order valence-electron chi connectivity index (χ2n) is 7.11. The molecule has 0 saturated heterocycles. The van der Waals surface area contributed by atoms with Crippen molar-refractivity contribution in [3.63, 3.8) is 0 Å². The molecule has 0 atom stereocenters. The molecule has 0 saturated carbocycles. The van der Waals surface area contributed by atoms with Crippen molar-refractivity contribution < 1.29 is 24.2 Å². The standard InChI is InChI=1S/C24H16N4O7/c1-15-6-9-18(27(31)32)13-21(15)26-23(29)17(14-25)12-16-7-10-19(11-8-16)35-24(30)20-4-2-3-5-22(20)28(33)34/h2-13H,1H3,(H,26,29)/b17-12+. The van der Waals surface area contributed by atoms with Crippen LogP contribution >= 0.6 is 0 Å². The Morgan fingerprint density at radius 3 is 2.31 bits per heavy atom. The van der Waals surface area contributed by atoms with E-state index in [0.717, 1.165) is 0 Å². The van der Waals surface area contributed by atoms with Gasteiger partial charge in [-0.2, -0.15) is 5.26 Å². The number of hydrogen-bond donors (Lipinski definition) is 1. The molecule has 11 nitrogen and oxygen atoms in total. The maximum atomic E-state index is 12.5. The van der Waals surface area contributed by atoms with Crippen LogP contribution in [0.5, 0.6) is 5.75 Å². The Balaban J connectivity index is 1.75. The first-order chi connectivity index (χ1) is 16.7. The van der Waals surface area contributed by atoms with Gasteiger partial charge in [0, 0.05) is 18.2 Å². The molecule has 1 N–H and O–H groups in total. The predicted octanol–water partition coefficient (Wildman–Crippen LogP) is 4.58. The molecule has 0 bridgehead atoms. The van der Waals surface area contributed by atoms with Crippen LogP contribution in [0.15, 0.2) is 72.3 Å². The van der Waals surface area contributed by atoms with Gasteiger partial charge in [-0.1, -0.05) is 30.3 Å². The van der Waals surface area contributed by atoms with Gasteiger partial charge >= 0.3 is 5.97 Å². The van der Waals surface area contributed by atoms with Gasteiger partial charge in [-0.05, 0) is 42.3 Å². The van der Waals surface area contributed by atoms with Crippen LogP contribution in [-0.4, -0.2) is 21.7 Å². The Hall–Kier alpha value is -5.37. The Morgan fingerprint density at radius 1 is 1.00 bits per heavy atom. The Morgan fingerprint density at radius 2 is 1.69 bits per heavy atom. The first-order valence-electron chi connectivity index (χ1n) is 9.93. The zero-order valence-corrected chi connectivity index (χ0v) is 18.1. The normalized spacial score (nSPS) is 10.7. The maximum absolute atomic E-state index is 12.5. The molecule has 0 aliphatic carbocycles. The van der Waals surface area contributed by atoms with E-state index in [0.29, 0.717) is 11.1 Å².